The molecule has 1 rings (SSSR count). The number of rotatable bonds is 9. The van der Waals surface area contributed by atoms with Gasteiger partial charge in [-0.3, -0.25) is 4.79 Å². The SMILES string of the molecule is CCCCCCCC(=O)N(CC)C1CCCCC1CN. The first-order valence-electron chi connectivity index (χ1n) is 8.74. The smallest absolute Gasteiger partial charge is 0.222 e. The normalized spacial score (nSPS) is 22.8. The molecule has 0 aromatic heterocycles. The number of carbonyl (C=O) groups is 1. The van der Waals surface area contributed by atoms with Crippen molar-refractivity contribution in [2.24, 2.45) is 11.7 Å². The summed E-state index contributed by atoms with van der Waals surface area (Å²) in [4.78, 5) is 14.6. The Hall–Kier alpha value is -0.570. The summed E-state index contributed by atoms with van der Waals surface area (Å²) in [5.41, 5.74) is 5.90. The van der Waals surface area contributed by atoms with Crippen LogP contribution in [0.4, 0.5) is 0 Å². The molecule has 2 unspecified atom stereocenters. The molecule has 1 fully saturated rings. The van der Waals surface area contributed by atoms with Gasteiger partial charge in [0.2, 0.25) is 5.91 Å². The largest absolute Gasteiger partial charge is 0.340 e. The van der Waals surface area contributed by atoms with Crippen molar-refractivity contribution >= 4 is 5.91 Å². The van der Waals surface area contributed by atoms with E-state index < -0.39 is 0 Å². The minimum atomic E-state index is 0.356. The lowest BCUT2D eigenvalue weighted by atomic mass is 9.83. The van der Waals surface area contributed by atoms with E-state index in [-0.39, 0.29) is 0 Å². The summed E-state index contributed by atoms with van der Waals surface area (Å²) in [6.45, 7) is 5.90. The number of unbranched alkanes of at least 4 members (excludes halogenated alkanes) is 4. The van der Waals surface area contributed by atoms with Crippen LogP contribution in [-0.2, 0) is 4.79 Å². The Morgan fingerprint density at radius 3 is 2.45 bits per heavy atom. The molecule has 0 spiro atoms. The molecule has 1 saturated carbocycles. The van der Waals surface area contributed by atoms with E-state index in [1.54, 1.807) is 0 Å². The van der Waals surface area contributed by atoms with Crippen LogP contribution in [0, 0.1) is 5.92 Å². The third kappa shape index (κ3) is 5.43. The molecule has 20 heavy (non-hydrogen) atoms. The summed E-state index contributed by atoms with van der Waals surface area (Å²) in [5.74, 6) is 0.877. The Balaban J connectivity index is 2.40. The maximum Gasteiger partial charge on any atom is 0.222 e. The molecule has 118 valence electrons. The lowest BCUT2D eigenvalue weighted by Crippen LogP contribution is -2.47. The summed E-state index contributed by atoms with van der Waals surface area (Å²) in [5, 5.41) is 0. The van der Waals surface area contributed by atoms with Crippen LogP contribution in [0.2, 0.25) is 0 Å². The second kappa shape index (κ2) is 10.2. The summed E-state index contributed by atoms with van der Waals surface area (Å²) >= 11 is 0. The highest BCUT2D eigenvalue weighted by Crippen LogP contribution is 2.28. The standard InChI is InChI=1S/C17H34N2O/c1-3-5-6-7-8-13-17(20)19(4-2)16-12-10-9-11-15(16)14-18/h15-16H,3-14,18H2,1-2H3. The van der Waals surface area contributed by atoms with Gasteiger partial charge < -0.3 is 10.6 Å². The van der Waals surface area contributed by atoms with Crippen molar-refractivity contribution in [3.8, 4) is 0 Å². The molecule has 0 radical (unpaired) electrons. The lowest BCUT2D eigenvalue weighted by Gasteiger charge is -2.39. The zero-order valence-corrected chi connectivity index (χ0v) is 13.6. The van der Waals surface area contributed by atoms with E-state index in [1.807, 2.05) is 0 Å². The molecule has 2 N–H and O–H groups in total. The molecular formula is C17H34N2O. The highest BCUT2D eigenvalue weighted by atomic mass is 16.2. The van der Waals surface area contributed by atoms with E-state index in [2.05, 4.69) is 18.7 Å². The number of amides is 1. The van der Waals surface area contributed by atoms with Gasteiger partial charge in [0.15, 0.2) is 0 Å². The average Bonchev–Trinajstić information content (AvgIpc) is 2.48. The van der Waals surface area contributed by atoms with Crippen LogP contribution < -0.4 is 5.73 Å². The molecule has 1 aliphatic carbocycles. The van der Waals surface area contributed by atoms with Gasteiger partial charge in [-0.05, 0) is 38.6 Å². The molecule has 0 bridgehead atoms. The summed E-state index contributed by atoms with van der Waals surface area (Å²) < 4.78 is 0. The van der Waals surface area contributed by atoms with Crippen molar-refractivity contribution in [2.45, 2.75) is 84.1 Å². The van der Waals surface area contributed by atoms with Crippen LogP contribution in [0.5, 0.6) is 0 Å². The van der Waals surface area contributed by atoms with E-state index in [9.17, 15) is 4.79 Å². The molecule has 0 saturated heterocycles. The zero-order chi connectivity index (χ0) is 14.8. The van der Waals surface area contributed by atoms with Gasteiger partial charge in [0, 0.05) is 19.0 Å². The van der Waals surface area contributed by atoms with E-state index in [0.717, 1.165) is 32.4 Å². The Morgan fingerprint density at radius 2 is 1.80 bits per heavy atom. The number of nitrogens with two attached hydrogens (primary N) is 1. The van der Waals surface area contributed by atoms with Gasteiger partial charge in [-0.2, -0.15) is 0 Å². The van der Waals surface area contributed by atoms with Crippen LogP contribution >= 0.6 is 0 Å². The third-order valence-electron chi connectivity index (χ3n) is 4.73. The second-order valence-electron chi connectivity index (χ2n) is 6.19. The quantitative estimate of drug-likeness (QED) is 0.655. The minimum Gasteiger partial charge on any atom is -0.340 e. The van der Waals surface area contributed by atoms with E-state index in [0.29, 0.717) is 17.9 Å². The fraction of sp³-hybridized carbons (Fsp3) is 0.941. The van der Waals surface area contributed by atoms with Crippen molar-refractivity contribution in [3.63, 3.8) is 0 Å². The Morgan fingerprint density at radius 1 is 1.10 bits per heavy atom. The van der Waals surface area contributed by atoms with Crippen LogP contribution in [-0.4, -0.2) is 29.9 Å². The van der Waals surface area contributed by atoms with E-state index in [4.69, 9.17) is 5.73 Å². The zero-order valence-electron chi connectivity index (χ0n) is 13.6. The van der Waals surface area contributed by atoms with Crippen LogP contribution in [0.25, 0.3) is 0 Å². The molecule has 0 aromatic carbocycles. The minimum absolute atomic E-state index is 0.356. The first-order chi connectivity index (χ1) is 9.74. The molecule has 0 heterocycles. The fourth-order valence-corrected chi connectivity index (χ4v) is 3.49. The Bertz CT molecular complexity index is 268. The lowest BCUT2D eigenvalue weighted by molar-refractivity contribution is -0.135. The van der Waals surface area contributed by atoms with Gasteiger partial charge in [-0.1, -0.05) is 45.4 Å². The van der Waals surface area contributed by atoms with Crippen molar-refractivity contribution in [2.75, 3.05) is 13.1 Å². The molecular weight excluding hydrogens is 248 g/mol. The van der Waals surface area contributed by atoms with Gasteiger partial charge in [-0.15, -0.1) is 0 Å². The number of hydrogen-bond donors (Lipinski definition) is 1. The number of carbonyl (C=O) groups excluding carboxylic acids is 1. The van der Waals surface area contributed by atoms with Crippen molar-refractivity contribution in [1.82, 2.24) is 4.90 Å². The van der Waals surface area contributed by atoms with Crippen LogP contribution in [0.1, 0.15) is 78.1 Å². The Labute approximate surface area is 125 Å². The summed E-state index contributed by atoms with van der Waals surface area (Å²) in [6.07, 6.45) is 11.7. The van der Waals surface area contributed by atoms with Gasteiger partial charge in [-0.25, -0.2) is 0 Å². The van der Waals surface area contributed by atoms with Crippen molar-refractivity contribution < 1.29 is 4.79 Å². The molecule has 1 amide bonds. The van der Waals surface area contributed by atoms with Gasteiger partial charge in [0.05, 0.1) is 0 Å². The van der Waals surface area contributed by atoms with E-state index in [1.165, 1.54) is 44.9 Å². The maximum absolute atomic E-state index is 12.5. The molecule has 1 aliphatic rings. The molecule has 0 aromatic rings. The topological polar surface area (TPSA) is 46.3 Å². The molecule has 3 nitrogen and oxygen atoms in total. The van der Waals surface area contributed by atoms with Crippen LogP contribution in [0.15, 0.2) is 0 Å². The highest BCUT2D eigenvalue weighted by molar-refractivity contribution is 5.76. The van der Waals surface area contributed by atoms with E-state index >= 15 is 0 Å². The second-order valence-corrected chi connectivity index (χ2v) is 6.19. The Kier molecular flexibility index (Phi) is 8.92. The first-order valence-corrected chi connectivity index (χ1v) is 8.74. The van der Waals surface area contributed by atoms with Crippen molar-refractivity contribution in [1.29, 1.82) is 0 Å². The van der Waals surface area contributed by atoms with Gasteiger partial charge >= 0.3 is 0 Å². The van der Waals surface area contributed by atoms with Gasteiger partial charge in [0.25, 0.3) is 0 Å². The predicted octanol–water partition coefficient (Wildman–Crippen LogP) is 3.71. The first kappa shape index (κ1) is 17.5. The predicted molar refractivity (Wildman–Crippen MR) is 85.6 cm³/mol. The van der Waals surface area contributed by atoms with Crippen LogP contribution in [0.3, 0.4) is 0 Å². The number of hydrogen-bond acceptors (Lipinski definition) is 2. The molecule has 0 aliphatic heterocycles. The van der Waals surface area contributed by atoms with Crippen molar-refractivity contribution in [3.05, 3.63) is 0 Å². The maximum atomic E-state index is 12.5. The molecule has 3 heteroatoms. The molecule has 2 atom stereocenters. The third-order valence-corrected chi connectivity index (χ3v) is 4.73. The fourth-order valence-electron chi connectivity index (χ4n) is 3.49. The van der Waals surface area contributed by atoms with Gasteiger partial charge in [0.1, 0.15) is 0 Å². The average molecular weight is 282 g/mol. The summed E-state index contributed by atoms with van der Waals surface area (Å²) in [7, 11) is 0. The highest BCUT2D eigenvalue weighted by Gasteiger charge is 2.30. The number of nitrogens with zero attached hydrogens (tertiary/aromatic N) is 1. The monoisotopic (exact) mass is 282 g/mol. The summed E-state index contributed by atoms with van der Waals surface area (Å²) in [6, 6.07) is 0.405.